The van der Waals surface area contributed by atoms with E-state index in [1.807, 2.05) is 29.2 Å². The van der Waals surface area contributed by atoms with Gasteiger partial charge in [0.15, 0.2) is 0 Å². The number of carboxylic acid groups (broad SMARTS) is 1. The summed E-state index contributed by atoms with van der Waals surface area (Å²) in [5.41, 5.74) is 7.55. The SMILES string of the molecule is CN1CCN(c2ccc(C(N)CC(=O)O)cc2)CC1=O. The van der Waals surface area contributed by atoms with Gasteiger partial charge in [0.2, 0.25) is 5.91 Å². The van der Waals surface area contributed by atoms with Gasteiger partial charge in [-0.1, -0.05) is 12.1 Å². The lowest BCUT2D eigenvalue weighted by Gasteiger charge is -2.33. The number of benzene rings is 1. The predicted molar refractivity (Wildman–Crippen MR) is 75.5 cm³/mol. The molecule has 1 saturated heterocycles. The van der Waals surface area contributed by atoms with Gasteiger partial charge in [-0.25, -0.2) is 0 Å². The molecular formula is C14H19N3O3. The zero-order valence-electron chi connectivity index (χ0n) is 11.5. The van der Waals surface area contributed by atoms with Gasteiger partial charge in [-0.05, 0) is 17.7 Å². The Morgan fingerprint density at radius 3 is 2.55 bits per heavy atom. The highest BCUT2D eigenvalue weighted by Crippen LogP contribution is 2.21. The highest BCUT2D eigenvalue weighted by Gasteiger charge is 2.21. The Kier molecular flexibility index (Phi) is 4.24. The summed E-state index contributed by atoms with van der Waals surface area (Å²) in [5, 5.41) is 8.73. The van der Waals surface area contributed by atoms with Gasteiger partial charge in [-0.15, -0.1) is 0 Å². The number of aliphatic carboxylic acids is 1. The second-order valence-electron chi connectivity index (χ2n) is 5.03. The first-order valence-electron chi connectivity index (χ1n) is 6.53. The molecule has 6 nitrogen and oxygen atoms in total. The van der Waals surface area contributed by atoms with Crippen LogP contribution in [0.25, 0.3) is 0 Å². The fourth-order valence-electron chi connectivity index (χ4n) is 2.22. The summed E-state index contributed by atoms with van der Waals surface area (Å²) in [6, 6.07) is 6.92. The first kappa shape index (κ1) is 14.3. The Balaban J connectivity index is 2.05. The molecule has 1 aliphatic rings. The van der Waals surface area contributed by atoms with Crippen LogP contribution < -0.4 is 10.6 Å². The molecule has 1 heterocycles. The topological polar surface area (TPSA) is 86.9 Å². The second kappa shape index (κ2) is 5.92. The van der Waals surface area contributed by atoms with Gasteiger partial charge in [0.05, 0.1) is 13.0 Å². The van der Waals surface area contributed by atoms with Gasteiger partial charge in [-0.2, -0.15) is 0 Å². The minimum Gasteiger partial charge on any atom is -0.481 e. The van der Waals surface area contributed by atoms with Crippen LogP contribution in [0.4, 0.5) is 5.69 Å². The average Bonchev–Trinajstić information content (AvgIpc) is 2.41. The van der Waals surface area contributed by atoms with Gasteiger partial charge in [0.25, 0.3) is 0 Å². The van der Waals surface area contributed by atoms with Crippen molar-refractivity contribution >= 4 is 17.6 Å². The van der Waals surface area contributed by atoms with E-state index >= 15 is 0 Å². The van der Waals surface area contributed by atoms with Crippen molar-refractivity contribution in [2.45, 2.75) is 12.5 Å². The van der Waals surface area contributed by atoms with E-state index in [0.29, 0.717) is 13.1 Å². The van der Waals surface area contributed by atoms with Crippen molar-refractivity contribution in [1.82, 2.24) is 4.90 Å². The molecule has 1 aromatic carbocycles. The Hall–Kier alpha value is -2.08. The Morgan fingerprint density at radius 1 is 1.35 bits per heavy atom. The van der Waals surface area contributed by atoms with Crippen molar-refractivity contribution in [3.8, 4) is 0 Å². The molecule has 6 heteroatoms. The van der Waals surface area contributed by atoms with E-state index in [2.05, 4.69) is 0 Å². The molecule has 1 fully saturated rings. The van der Waals surface area contributed by atoms with Gasteiger partial charge >= 0.3 is 5.97 Å². The van der Waals surface area contributed by atoms with E-state index < -0.39 is 12.0 Å². The molecule has 1 amide bonds. The third-order valence-electron chi connectivity index (χ3n) is 3.54. The molecule has 108 valence electrons. The van der Waals surface area contributed by atoms with Crippen LogP contribution in [0.2, 0.25) is 0 Å². The van der Waals surface area contributed by atoms with E-state index in [-0.39, 0.29) is 12.3 Å². The van der Waals surface area contributed by atoms with Gasteiger partial charge in [0, 0.05) is 31.9 Å². The quantitative estimate of drug-likeness (QED) is 0.834. The predicted octanol–water partition coefficient (Wildman–Crippen LogP) is 0.439. The number of hydrogen-bond donors (Lipinski definition) is 2. The van der Waals surface area contributed by atoms with Crippen LogP contribution in [-0.2, 0) is 9.59 Å². The standard InChI is InChI=1S/C14H19N3O3/c1-16-6-7-17(9-13(16)18)11-4-2-10(3-5-11)12(15)8-14(19)20/h2-5,12H,6-9,15H2,1H3,(H,19,20). The second-order valence-corrected chi connectivity index (χ2v) is 5.03. The van der Waals surface area contributed by atoms with E-state index in [1.165, 1.54) is 0 Å². The molecule has 0 aromatic heterocycles. The zero-order chi connectivity index (χ0) is 14.7. The first-order valence-corrected chi connectivity index (χ1v) is 6.53. The summed E-state index contributed by atoms with van der Waals surface area (Å²) < 4.78 is 0. The Morgan fingerprint density at radius 2 is 2.00 bits per heavy atom. The van der Waals surface area contributed by atoms with E-state index in [1.54, 1.807) is 11.9 Å². The third kappa shape index (κ3) is 3.27. The molecule has 0 radical (unpaired) electrons. The number of carboxylic acids is 1. The van der Waals surface area contributed by atoms with Crippen LogP contribution in [0.1, 0.15) is 18.0 Å². The number of nitrogens with two attached hydrogens (primary N) is 1. The Bertz CT molecular complexity index is 501. The van der Waals surface area contributed by atoms with Crippen LogP contribution >= 0.6 is 0 Å². The van der Waals surface area contributed by atoms with Crippen LogP contribution in [0.3, 0.4) is 0 Å². The molecule has 3 N–H and O–H groups in total. The minimum absolute atomic E-state index is 0.0909. The molecule has 2 rings (SSSR count). The number of anilines is 1. The maximum absolute atomic E-state index is 11.7. The monoisotopic (exact) mass is 277 g/mol. The van der Waals surface area contributed by atoms with Crippen molar-refractivity contribution in [3.05, 3.63) is 29.8 Å². The summed E-state index contributed by atoms with van der Waals surface area (Å²) in [4.78, 5) is 26.0. The molecule has 1 aliphatic heterocycles. The number of carbonyl (C=O) groups excluding carboxylic acids is 1. The average molecular weight is 277 g/mol. The molecule has 0 aliphatic carbocycles. The molecule has 1 atom stereocenters. The van der Waals surface area contributed by atoms with Crippen molar-refractivity contribution in [2.24, 2.45) is 5.73 Å². The molecule has 0 spiro atoms. The van der Waals surface area contributed by atoms with Crippen molar-refractivity contribution < 1.29 is 14.7 Å². The van der Waals surface area contributed by atoms with Crippen LogP contribution in [0.5, 0.6) is 0 Å². The highest BCUT2D eigenvalue weighted by molar-refractivity contribution is 5.82. The maximum atomic E-state index is 11.7. The molecule has 1 unspecified atom stereocenters. The van der Waals surface area contributed by atoms with Crippen LogP contribution in [0.15, 0.2) is 24.3 Å². The summed E-state index contributed by atoms with van der Waals surface area (Å²) in [6.07, 6.45) is -0.0909. The fraction of sp³-hybridized carbons (Fsp3) is 0.429. The molecule has 20 heavy (non-hydrogen) atoms. The summed E-state index contributed by atoms with van der Waals surface area (Å²) in [7, 11) is 1.80. The smallest absolute Gasteiger partial charge is 0.305 e. The number of rotatable bonds is 4. The van der Waals surface area contributed by atoms with Crippen molar-refractivity contribution in [3.63, 3.8) is 0 Å². The number of nitrogens with zero attached hydrogens (tertiary/aromatic N) is 2. The van der Waals surface area contributed by atoms with E-state index in [9.17, 15) is 9.59 Å². The largest absolute Gasteiger partial charge is 0.481 e. The van der Waals surface area contributed by atoms with Crippen molar-refractivity contribution in [2.75, 3.05) is 31.6 Å². The summed E-state index contributed by atoms with van der Waals surface area (Å²) >= 11 is 0. The molecular weight excluding hydrogens is 258 g/mol. The number of amides is 1. The number of hydrogen-bond acceptors (Lipinski definition) is 4. The van der Waals surface area contributed by atoms with Crippen LogP contribution in [-0.4, -0.2) is 48.6 Å². The van der Waals surface area contributed by atoms with Gasteiger partial charge in [-0.3, -0.25) is 9.59 Å². The lowest BCUT2D eigenvalue weighted by Crippen LogP contribution is -2.48. The molecule has 0 saturated carbocycles. The fourth-order valence-corrected chi connectivity index (χ4v) is 2.22. The number of likely N-dealkylation sites (N-methyl/N-ethyl adjacent to an activating group) is 1. The summed E-state index contributed by atoms with van der Waals surface area (Å²) in [5.74, 6) is -0.811. The minimum atomic E-state index is -0.911. The molecule has 1 aromatic rings. The lowest BCUT2D eigenvalue weighted by atomic mass is 10.0. The number of piperazine rings is 1. The normalized spacial score (nSPS) is 17.2. The first-order chi connectivity index (χ1) is 9.47. The third-order valence-corrected chi connectivity index (χ3v) is 3.54. The van der Waals surface area contributed by atoms with Crippen molar-refractivity contribution in [1.29, 1.82) is 0 Å². The van der Waals surface area contributed by atoms with E-state index in [0.717, 1.165) is 17.8 Å². The lowest BCUT2D eigenvalue weighted by molar-refractivity contribution is -0.137. The Labute approximate surface area is 117 Å². The highest BCUT2D eigenvalue weighted by atomic mass is 16.4. The van der Waals surface area contributed by atoms with E-state index in [4.69, 9.17) is 10.8 Å². The van der Waals surface area contributed by atoms with Gasteiger partial charge in [0.1, 0.15) is 0 Å². The molecule has 0 bridgehead atoms. The maximum Gasteiger partial charge on any atom is 0.305 e. The number of carbonyl (C=O) groups is 2. The van der Waals surface area contributed by atoms with Crippen LogP contribution in [0, 0.1) is 0 Å². The van der Waals surface area contributed by atoms with Gasteiger partial charge < -0.3 is 20.6 Å². The zero-order valence-corrected chi connectivity index (χ0v) is 11.5. The summed E-state index contributed by atoms with van der Waals surface area (Å²) in [6.45, 7) is 1.87.